The molecule has 0 aliphatic carbocycles. The number of aromatic nitrogens is 2. The van der Waals surface area contributed by atoms with E-state index in [-0.39, 0.29) is 12.5 Å². The van der Waals surface area contributed by atoms with Crippen LogP contribution in [0.3, 0.4) is 0 Å². The van der Waals surface area contributed by atoms with Crippen LogP contribution in [0.4, 0.5) is 0 Å². The number of para-hydroxylation sites is 1. The van der Waals surface area contributed by atoms with Crippen molar-refractivity contribution in [2.75, 3.05) is 19.7 Å². The molecular formula is C19H20ClN3O3. The third-order valence-electron chi connectivity index (χ3n) is 4.23. The standard InChI is InChI=1S/C19H20ClN3O3/c1-14-16(19(20)23(21-14)15-7-3-2-4-8-15)9-10-18(25)26-13-17(24)22-11-5-6-12-22/h2-4,7-10H,5-6,11-13H2,1H3/b10-9+. The molecule has 136 valence electrons. The van der Waals surface area contributed by atoms with Gasteiger partial charge in [0.2, 0.25) is 0 Å². The van der Waals surface area contributed by atoms with Gasteiger partial charge in [-0.1, -0.05) is 29.8 Å². The van der Waals surface area contributed by atoms with E-state index < -0.39 is 5.97 Å². The minimum absolute atomic E-state index is 0.157. The molecule has 1 amide bonds. The van der Waals surface area contributed by atoms with Crippen LogP contribution in [0, 0.1) is 6.92 Å². The van der Waals surface area contributed by atoms with Crippen molar-refractivity contribution in [3.05, 3.63) is 52.8 Å². The number of benzene rings is 1. The van der Waals surface area contributed by atoms with Crippen molar-refractivity contribution in [3.8, 4) is 5.69 Å². The Hall–Kier alpha value is -2.60. The van der Waals surface area contributed by atoms with E-state index in [4.69, 9.17) is 16.3 Å². The van der Waals surface area contributed by atoms with Gasteiger partial charge in [-0.15, -0.1) is 0 Å². The van der Waals surface area contributed by atoms with Gasteiger partial charge in [-0.2, -0.15) is 5.10 Å². The summed E-state index contributed by atoms with van der Waals surface area (Å²) in [5.74, 6) is -0.740. The van der Waals surface area contributed by atoms with Crippen molar-refractivity contribution in [1.29, 1.82) is 0 Å². The number of esters is 1. The SMILES string of the molecule is Cc1nn(-c2ccccc2)c(Cl)c1/C=C/C(=O)OCC(=O)N1CCCC1. The molecule has 1 aliphatic rings. The summed E-state index contributed by atoms with van der Waals surface area (Å²) in [6.07, 6.45) is 4.83. The van der Waals surface area contributed by atoms with Crippen LogP contribution in [0.15, 0.2) is 36.4 Å². The largest absolute Gasteiger partial charge is 0.452 e. The van der Waals surface area contributed by atoms with Crippen LogP contribution in [0.1, 0.15) is 24.1 Å². The van der Waals surface area contributed by atoms with Gasteiger partial charge in [0.05, 0.1) is 11.4 Å². The van der Waals surface area contributed by atoms with Crippen molar-refractivity contribution >= 4 is 29.6 Å². The third kappa shape index (κ3) is 4.14. The van der Waals surface area contributed by atoms with Crippen LogP contribution in [0.25, 0.3) is 11.8 Å². The average Bonchev–Trinajstić information content (AvgIpc) is 3.28. The third-order valence-corrected chi connectivity index (χ3v) is 4.60. The van der Waals surface area contributed by atoms with Crippen LogP contribution >= 0.6 is 11.6 Å². The Morgan fingerprint density at radius 3 is 2.62 bits per heavy atom. The number of aryl methyl sites for hydroxylation is 1. The number of carbonyl (C=O) groups excluding carboxylic acids is 2. The molecule has 0 spiro atoms. The first-order valence-corrected chi connectivity index (χ1v) is 8.87. The summed E-state index contributed by atoms with van der Waals surface area (Å²) in [5, 5.41) is 4.81. The lowest BCUT2D eigenvalue weighted by Gasteiger charge is -2.14. The summed E-state index contributed by atoms with van der Waals surface area (Å²) in [4.78, 5) is 25.5. The molecule has 1 aromatic carbocycles. The van der Waals surface area contributed by atoms with Gasteiger partial charge < -0.3 is 9.64 Å². The zero-order valence-corrected chi connectivity index (χ0v) is 15.3. The Morgan fingerprint density at radius 2 is 1.92 bits per heavy atom. The van der Waals surface area contributed by atoms with Crippen LogP contribution < -0.4 is 0 Å². The molecule has 0 unspecified atom stereocenters. The topological polar surface area (TPSA) is 64.4 Å². The van der Waals surface area contributed by atoms with Crippen LogP contribution in [0.2, 0.25) is 5.15 Å². The van der Waals surface area contributed by atoms with E-state index in [2.05, 4.69) is 5.10 Å². The molecule has 0 atom stereocenters. The fraction of sp³-hybridized carbons (Fsp3) is 0.316. The lowest BCUT2D eigenvalue weighted by atomic mass is 10.2. The van der Waals surface area contributed by atoms with Gasteiger partial charge in [0, 0.05) is 24.7 Å². The number of carbonyl (C=O) groups is 2. The maximum Gasteiger partial charge on any atom is 0.331 e. The summed E-state index contributed by atoms with van der Waals surface area (Å²) < 4.78 is 6.63. The van der Waals surface area contributed by atoms with Gasteiger partial charge in [0.25, 0.3) is 5.91 Å². The van der Waals surface area contributed by atoms with Crippen LogP contribution in [-0.4, -0.2) is 46.3 Å². The minimum atomic E-state index is -0.583. The molecule has 26 heavy (non-hydrogen) atoms. The second kappa shape index (κ2) is 8.19. The molecule has 0 radical (unpaired) electrons. The smallest absolute Gasteiger partial charge is 0.331 e. The molecule has 0 bridgehead atoms. The Balaban J connectivity index is 1.64. The first-order valence-electron chi connectivity index (χ1n) is 8.49. The summed E-state index contributed by atoms with van der Waals surface area (Å²) in [6, 6.07) is 9.49. The second-order valence-electron chi connectivity index (χ2n) is 6.07. The summed E-state index contributed by atoms with van der Waals surface area (Å²) in [5.41, 5.74) is 2.16. The molecular weight excluding hydrogens is 354 g/mol. The first kappa shape index (κ1) is 18.2. The minimum Gasteiger partial charge on any atom is -0.452 e. The van der Waals surface area contributed by atoms with E-state index in [0.29, 0.717) is 16.4 Å². The quantitative estimate of drug-likeness (QED) is 0.597. The Kier molecular flexibility index (Phi) is 5.73. The highest BCUT2D eigenvalue weighted by Gasteiger charge is 2.19. The van der Waals surface area contributed by atoms with Crippen molar-refractivity contribution in [2.24, 2.45) is 0 Å². The molecule has 0 saturated carbocycles. The number of nitrogens with zero attached hydrogens (tertiary/aromatic N) is 3. The number of likely N-dealkylation sites (tertiary alicyclic amines) is 1. The van der Waals surface area contributed by atoms with Gasteiger partial charge in [-0.05, 0) is 38.0 Å². The highest BCUT2D eigenvalue weighted by atomic mass is 35.5. The number of ether oxygens (including phenoxy) is 1. The summed E-state index contributed by atoms with van der Waals surface area (Å²) in [7, 11) is 0. The summed E-state index contributed by atoms with van der Waals surface area (Å²) >= 11 is 6.40. The Labute approximate surface area is 157 Å². The monoisotopic (exact) mass is 373 g/mol. The van der Waals surface area contributed by atoms with E-state index >= 15 is 0 Å². The van der Waals surface area contributed by atoms with Crippen LogP contribution in [0.5, 0.6) is 0 Å². The summed E-state index contributed by atoms with van der Waals surface area (Å²) in [6.45, 7) is 3.05. The van der Waals surface area contributed by atoms with E-state index in [1.54, 1.807) is 15.7 Å². The van der Waals surface area contributed by atoms with Gasteiger partial charge in [-0.3, -0.25) is 4.79 Å². The maximum atomic E-state index is 11.9. The van der Waals surface area contributed by atoms with E-state index in [0.717, 1.165) is 31.6 Å². The molecule has 6 nitrogen and oxygen atoms in total. The maximum absolute atomic E-state index is 11.9. The normalized spacial score (nSPS) is 14.2. The van der Waals surface area contributed by atoms with Crippen molar-refractivity contribution in [2.45, 2.75) is 19.8 Å². The van der Waals surface area contributed by atoms with Crippen molar-refractivity contribution in [1.82, 2.24) is 14.7 Å². The Bertz CT molecular complexity index is 824. The van der Waals surface area contributed by atoms with Crippen molar-refractivity contribution < 1.29 is 14.3 Å². The van der Waals surface area contributed by atoms with Gasteiger partial charge >= 0.3 is 5.97 Å². The van der Waals surface area contributed by atoms with Gasteiger partial charge in [0.1, 0.15) is 5.15 Å². The first-order chi connectivity index (χ1) is 12.6. The fourth-order valence-corrected chi connectivity index (χ4v) is 3.17. The zero-order valence-electron chi connectivity index (χ0n) is 14.5. The molecule has 2 heterocycles. The number of hydrogen-bond acceptors (Lipinski definition) is 4. The lowest BCUT2D eigenvalue weighted by Crippen LogP contribution is -2.31. The lowest BCUT2D eigenvalue weighted by molar-refractivity contribution is -0.147. The highest BCUT2D eigenvalue weighted by molar-refractivity contribution is 6.31. The number of halogens is 1. The molecule has 1 fully saturated rings. The zero-order chi connectivity index (χ0) is 18.5. The van der Waals surface area contributed by atoms with E-state index in [9.17, 15) is 9.59 Å². The van der Waals surface area contributed by atoms with Gasteiger partial charge in [-0.25, -0.2) is 9.48 Å². The Morgan fingerprint density at radius 1 is 1.23 bits per heavy atom. The van der Waals surface area contributed by atoms with E-state index in [1.807, 2.05) is 37.3 Å². The number of rotatable bonds is 5. The predicted octanol–water partition coefficient (Wildman–Crippen LogP) is 3.01. The van der Waals surface area contributed by atoms with Crippen LogP contribution in [-0.2, 0) is 14.3 Å². The molecule has 2 aromatic rings. The molecule has 1 saturated heterocycles. The highest BCUT2D eigenvalue weighted by Crippen LogP contribution is 2.24. The molecule has 7 heteroatoms. The number of hydrogen-bond donors (Lipinski definition) is 0. The fourth-order valence-electron chi connectivity index (χ4n) is 2.83. The second-order valence-corrected chi connectivity index (χ2v) is 6.42. The molecule has 1 aliphatic heterocycles. The molecule has 0 N–H and O–H groups in total. The average molecular weight is 374 g/mol. The van der Waals surface area contributed by atoms with E-state index in [1.165, 1.54) is 6.08 Å². The predicted molar refractivity (Wildman–Crippen MR) is 99.1 cm³/mol. The van der Waals surface area contributed by atoms with Gasteiger partial charge in [0.15, 0.2) is 6.61 Å². The molecule has 1 aromatic heterocycles. The van der Waals surface area contributed by atoms with Crippen molar-refractivity contribution in [3.63, 3.8) is 0 Å². The molecule has 3 rings (SSSR count). The number of amides is 1.